The lowest BCUT2D eigenvalue weighted by atomic mass is 9.79. The molecule has 1 fully saturated rings. The van der Waals surface area contributed by atoms with Gasteiger partial charge in [0.15, 0.2) is 0 Å². The van der Waals surface area contributed by atoms with Crippen LogP contribution in [-0.4, -0.2) is 21.1 Å². The first-order chi connectivity index (χ1) is 6.49. The van der Waals surface area contributed by atoms with E-state index in [1.807, 2.05) is 0 Å². The van der Waals surface area contributed by atoms with Crippen molar-refractivity contribution in [2.45, 2.75) is 56.5 Å². The van der Waals surface area contributed by atoms with E-state index in [0.717, 1.165) is 19.3 Å². The molecular formula is C11H20O2S. The van der Waals surface area contributed by atoms with Crippen LogP contribution < -0.4 is 0 Å². The Kier molecular flexibility index (Phi) is 3.87. The van der Waals surface area contributed by atoms with Crippen molar-refractivity contribution < 1.29 is 9.90 Å². The number of hydrogen-bond donors (Lipinski definition) is 1. The Morgan fingerprint density at radius 1 is 1.50 bits per heavy atom. The SMILES string of the molecule is CC(C)SC1(C(=O)O)CCCCC1C. The van der Waals surface area contributed by atoms with Gasteiger partial charge in [-0.3, -0.25) is 4.79 Å². The van der Waals surface area contributed by atoms with Crippen LogP contribution in [0.15, 0.2) is 0 Å². The van der Waals surface area contributed by atoms with Crippen LogP contribution in [-0.2, 0) is 4.79 Å². The first kappa shape index (κ1) is 11.9. The highest BCUT2D eigenvalue weighted by atomic mass is 32.2. The van der Waals surface area contributed by atoms with Crippen molar-refractivity contribution in [3.8, 4) is 0 Å². The summed E-state index contributed by atoms with van der Waals surface area (Å²) in [5.41, 5.74) is 0. The van der Waals surface area contributed by atoms with Crippen LogP contribution in [0.4, 0.5) is 0 Å². The van der Waals surface area contributed by atoms with Crippen LogP contribution in [0.5, 0.6) is 0 Å². The summed E-state index contributed by atoms with van der Waals surface area (Å²) in [6.45, 7) is 6.25. The third-order valence-corrected chi connectivity index (χ3v) is 4.71. The molecule has 0 aromatic heterocycles. The van der Waals surface area contributed by atoms with E-state index < -0.39 is 10.7 Å². The Hall–Kier alpha value is -0.180. The van der Waals surface area contributed by atoms with E-state index >= 15 is 0 Å². The van der Waals surface area contributed by atoms with Crippen LogP contribution in [0.3, 0.4) is 0 Å². The Labute approximate surface area is 90.5 Å². The van der Waals surface area contributed by atoms with E-state index in [-0.39, 0.29) is 0 Å². The van der Waals surface area contributed by atoms with Crippen LogP contribution in [0.25, 0.3) is 0 Å². The van der Waals surface area contributed by atoms with Gasteiger partial charge in [-0.1, -0.05) is 33.6 Å². The van der Waals surface area contributed by atoms with Crippen molar-refractivity contribution in [2.24, 2.45) is 5.92 Å². The third kappa shape index (κ3) is 2.25. The number of aliphatic carboxylic acids is 1. The molecule has 82 valence electrons. The highest BCUT2D eigenvalue weighted by Crippen LogP contribution is 2.45. The lowest BCUT2D eigenvalue weighted by molar-refractivity contribution is -0.142. The standard InChI is InChI=1S/C11H20O2S/c1-8(2)14-11(10(12)13)7-5-4-6-9(11)3/h8-9H,4-7H2,1-3H3,(H,12,13). The van der Waals surface area contributed by atoms with Gasteiger partial charge in [-0.2, -0.15) is 0 Å². The van der Waals surface area contributed by atoms with Gasteiger partial charge in [0.05, 0.1) is 0 Å². The second-order valence-corrected chi connectivity index (χ2v) is 6.42. The van der Waals surface area contributed by atoms with Crippen LogP contribution >= 0.6 is 11.8 Å². The average Bonchev–Trinajstić information content (AvgIpc) is 2.08. The van der Waals surface area contributed by atoms with Gasteiger partial charge < -0.3 is 5.11 Å². The van der Waals surface area contributed by atoms with Crippen molar-refractivity contribution in [2.75, 3.05) is 0 Å². The highest BCUT2D eigenvalue weighted by Gasteiger charge is 2.46. The first-order valence-corrected chi connectivity index (χ1v) is 6.28. The molecule has 3 heteroatoms. The van der Waals surface area contributed by atoms with Gasteiger partial charge in [-0.25, -0.2) is 0 Å². The van der Waals surface area contributed by atoms with Gasteiger partial charge >= 0.3 is 5.97 Å². The molecule has 0 spiro atoms. The number of hydrogen-bond acceptors (Lipinski definition) is 2. The fourth-order valence-electron chi connectivity index (χ4n) is 2.28. The molecule has 1 saturated carbocycles. The summed E-state index contributed by atoms with van der Waals surface area (Å²) in [5.74, 6) is -0.301. The Morgan fingerprint density at radius 2 is 2.14 bits per heavy atom. The maximum atomic E-state index is 11.4. The molecule has 1 N–H and O–H groups in total. The summed E-state index contributed by atoms with van der Waals surface area (Å²) in [6, 6.07) is 0. The molecule has 0 aromatic carbocycles. The first-order valence-electron chi connectivity index (χ1n) is 5.40. The van der Waals surface area contributed by atoms with Crippen LogP contribution in [0.2, 0.25) is 0 Å². The maximum absolute atomic E-state index is 11.4. The summed E-state index contributed by atoms with van der Waals surface area (Å²) in [4.78, 5) is 11.4. The molecule has 1 aliphatic carbocycles. The minimum Gasteiger partial charge on any atom is -0.480 e. The van der Waals surface area contributed by atoms with Crippen molar-refractivity contribution in [1.82, 2.24) is 0 Å². The van der Waals surface area contributed by atoms with Crippen molar-refractivity contribution >= 4 is 17.7 Å². The van der Waals surface area contributed by atoms with Crippen molar-refractivity contribution in [3.63, 3.8) is 0 Å². The normalized spacial score (nSPS) is 33.3. The summed E-state index contributed by atoms with van der Waals surface area (Å²) >= 11 is 1.64. The molecular weight excluding hydrogens is 196 g/mol. The van der Waals surface area contributed by atoms with E-state index in [1.54, 1.807) is 11.8 Å². The average molecular weight is 216 g/mol. The molecule has 1 rings (SSSR count). The number of thioether (sulfide) groups is 1. The van der Waals surface area contributed by atoms with Gasteiger partial charge in [0.25, 0.3) is 0 Å². The zero-order valence-corrected chi connectivity index (χ0v) is 10.1. The predicted molar refractivity (Wildman–Crippen MR) is 60.7 cm³/mol. The topological polar surface area (TPSA) is 37.3 Å². The molecule has 2 unspecified atom stereocenters. The van der Waals surface area contributed by atoms with Crippen LogP contribution in [0, 0.1) is 5.92 Å². The van der Waals surface area contributed by atoms with Gasteiger partial charge in [-0.05, 0) is 18.8 Å². The number of carboxylic acids is 1. The summed E-state index contributed by atoms with van der Waals surface area (Å²) in [7, 11) is 0. The second kappa shape index (κ2) is 4.56. The summed E-state index contributed by atoms with van der Waals surface area (Å²) < 4.78 is -0.508. The van der Waals surface area contributed by atoms with E-state index in [0.29, 0.717) is 11.2 Å². The van der Waals surface area contributed by atoms with Crippen molar-refractivity contribution in [1.29, 1.82) is 0 Å². The summed E-state index contributed by atoms with van der Waals surface area (Å²) in [5, 5.41) is 9.78. The molecule has 14 heavy (non-hydrogen) atoms. The van der Waals surface area contributed by atoms with E-state index in [4.69, 9.17) is 0 Å². The largest absolute Gasteiger partial charge is 0.480 e. The molecule has 0 bridgehead atoms. The number of carbonyl (C=O) groups is 1. The lowest BCUT2D eigenvalue weighted by Crippen LogP contribution is -2.44. The van der Waals surface area contributed by atoms with Gasteiger partial charge in [0.1, 0.15) is 4.75 Å². The van der Waals surface area contributed by atoms with Gasteiger partial charge in [0.2, 0.25) is 0 Å². The second-order valence-electron chi connectivity index (χ2n) is 4.51. The van der Waals surface area contributed by atoms with E-state index in [2.05, 4.69) is 20.8 Å². The smallest absolute Gasteiger partial charge is 0.320 e. The van der Waals surface area contributed by atoms with Crippen molar-refractivity contribution in [3.05, 3.63) is 0 Å². The number of carboxylic acid groups (broad SMARTS) is 1. The van der Waals surface area contributed by atoms with Gasteiger partial charge in [-0.15, -0.1) is 11.8 Å². The molecule has 2 nitrogen and oxygen atoms in total. The zero-order chi connectivity index (χ0) is 10.8. The molecule has 0 aliphatic heterocycles. The Balaban J connectivity index is 2.83. The minimum atomic E-state index is -0.608. The Morgan fingerprint density at radius 3 is 2.57 bits per heavy atom. The van der Waals surface area contributed by atoms with Gasteiger partial charge in [0, 0.05) is 5.25 Å². The molecule has 0 aromatic rings. The van der Waals surface area contributed by atoms with E-state index in [1.165, 1.54) is 6.42 Å². The monoisotopic (exact) mass is 216 g/mol. The quantitative estimate of drug-likeness (QED) is 0.787. The molecule has 0 saturated heterocycles. The fraction of sp³-hybridized carbons (Fsp3) is 0.909. The maximum Gasteiger partial charge on any atom is 0.320 e. The minimum absolute atomic E-state index is 0.307. The molecule has 0 radical (unpaired) electrons. The molecule has 1 aliphatic rings. The highest BCUT2D eigenvalue weighted by molar-refractivity contribution is 8.01. The number of rotatable bonds is 3. The fourth-order valence-corrected chi connectivity index (χ4v) is 3.84. The van der Waals surface area contributed by atoms with E-state index in [9.17, 15) is 9.90 Å². The third-order valence-electron chi connectivity index (χ3n) is 3.04. The summed E-state index contributed by atoms with van der Waals surface area (Å²) in [6.07, 6.45) is 4.16. The van der Waals surface area contributed by atoms with Crippen LogP contribution in [0.1, 0.15) is 46.5 Å². The zero-order valence-electron chi connectivity index (χ0n) is 9.25. The Bertz CT molecular complexity index is 215. The predicted octanol–water partition coefficient (Wildman–Crippen LogP) is 3.16. The molecule has 0 amide bonds. The lowest BCUT2D eigenvalue weighted by Gasteiger charge is -2.39. The molecule has 0 heterocycles. The molecule has 2 atom stereocenters.